The molecule has 1 aliphatic heterocycles. The van der Waals surface area contributed by atoms with Crippen LogP contribution in [0.15, 0.2) is 36.2 Å². The molecule has 16 heavy (non-hydrogen) atoms. The first-order chi connectivity index (χ1) is 7.79. The Hall–Kier alpha value is -1.81. The first-order valence-electron chi connectivity index (χ1n) is 4.61. The minimum atomic E-state index is 0.487. The lowest BCUT2D eigenvalue weighted by Gasteiger charge is -2.14. The summed E-state index contributed by atoms with van der Waals surface area (Å²) < 4.78 is 10.6. The molecule has 0 unspecified atom stereocenters. The fourth-order valence-corrected chi connectivity index (χ4v) is 1.38. The van der Waals surface area contributed by atoms with E-state index in [1.165, 1.54) is 0 Å². The predicted octanol–water partition coefficient (Wildman–Crippen LogP) is 1.99. The molecule has 1 aromatic carbocycles. The molecule has 0 saturated heterocycles. The Morgan fingerprint density at radius 1 is 1.38 bits per heavy atom. The van der Waals surface area contributed by atoms with Gasteiger partial charge >= 0.3 is 0 Å². The third kappa shape index (κ3) is 2.41. The van der Waals surface area contributed by atoms with Gasteiger partial charge in [-0.25, -0.2) is 0 Å². The quantitative estimate of drug-likeness (QED) is 0.844. The summed E-state index contributed by atoms with van der Waals surface area (Å²) in [5.41, 5.74) is 5.46. The number of allylic oxidation sites excluding steroid dienone is 2. The van der Waals surface area contributed by atoms with Crippen molar-refractivity contribution in [3.63, 3.8) is 0 Å². The lowest BCUT2D eigenvalue weighted by atomic mass is 10.3. The first-order valence-corrected chi connectivity index (χ1v) is 4.99. The molecule has 4 nitrogen and oxygen atoms in total. The molecular weight excluding hydrogens is 228 g/mol. The summed E-state index contributed by atoms with van der Waals surface area (Å²) in [7, 11) is 1.59. The number of methoxy groups -OCH3 is 1. The Kier molecular flexibility index (Phi) is 3.22. The highest BCUT2D eigenvalue weighted by Crippen LogP contribution is 2.29. The van der Waals surface area contributed by atoms with E-state index in [1.807, 2.05) is 0 Å². The summed E-state index contributed by atoms with van der Waals surface area (Å²) in [6, 6.07) is 5.21. The van der Waals surface area contributed by atoms with Gasteiger partial charge in [0.2, 0.25) is 5.88 Å². The van der Waals surface area contributed by atoms with Crippen LogP contribution in [0.3, 0.4) is 0 Å². The largest absolute Gasteiger partial charge is 0.497 e. The van der Waals surface area contributed by atoms with Crippen molar-refractivity contribution in [2.75, 3.05) is 7.11 Å². The van der Waals surface area contributed by atoms with Crippen molar-refractivity contribution in [3.8, 4) is 11.5 Å². The number of ether oxygens (including phenoxy) is 2. The van der Waals surface area contributed by atoms with Crippen LogP contribution in [-0.4, -0.2) is 7.11 Å². The Balaban J connectivity index is 2.15. The Labute approximate surface area is 98.5 Å². The van der Waals surface area contributed by atoms with E-state index in [4.69, 9.17) is 21.1 Å². The smallest absolute Gasteiger partial charge is 0.211 e. The van der Waals surface area contributed by atoms with Crippen LogP contribution >= 0.6 is 11.6 Å². The van der Waals surface area contributed by atoms with Crippen LogP contribution in [0.1, 0.15) is 0 Å². The maximum absolute atomic E-state index is 6.02. The van der Waals surface area contributed by atoms with Crippen LogP contribution in [0.25, 0.3) is 0 Å². The van der Waals surface area contributed by atoms with Crippen LogP contribution in [0.4, 0.5) is 0 Å². The highest BCUT2D eigenvalue weighted by Gasteiger charge is 2.07. The van der Waals surface area contributed by atoms with E-state index in [0.29, 0.717) is 22.4 Å². The molecule has 0 amide bonds. The lowest BCUT2D eigenvalue weighted by Crippen LogP contribution is -2.31. The highest BCUT2D eigenvalue weighted by atomic mass is 35.5. The van der Waals surface area contributed by atoms with Crippen molar-refractivity contribution < 1.29 is 9.47 Å². The third-order valence-corrected chi connectivity index (χ3v) is 2.23. The fraction of sp³-hybridized carbons (Fsp3) is 0.0909. The molecule has 2 rings (SSSR count). The molecule has 1 aliphatic rings. The zero-order chi connectivity index (χ0) is 11.4. The minimum absolute atomic E-state index is 0.487. The predicted molar refractivity (Wildman–Crippen MR) is 60.8 cm³/mol. The second kappa shape index (κ2) is 4.81. The Bertz CT molecular complexity index is 444. The molecule has 0 aliphatic carbocycles. The fourth-order valence-electron chi connectivity index (χ4n) is 1.17. The van der Waals surface area contributed by atoms with Crippen LogP contribution in [0.2, 0.25) is 5.02 Å². The van der Waals surface area contributed by atoms with Crippen LogP contribution in [-0.2, 0) is 0 Å². The molecule has 0 fully saturated rings. The molecule has 1 radical (unpaired) electrons. The number of hydrogen-bond donors (Lipinski definition) is 2. The van der Waals surface area contributed by atoms with Gasteiger partial charge in [-0.05, 0) is 18.2 Å². The maximum Gasteiger partial charge on any atom is 0.211 e. The van der Waals surface area contributed by atoms with Gasteiger partial charge in [0.15, 0.2) is 0 Å². The molecule has 0 bridgehead atoms. The topological polar surface area (TPSA) is 42.5 Å². The summed E-state index contributed by atoms with van der Waals surface area (Å²) in [6.07, 6.45) is 6.17. The maximum atomic E-state index is 6.02. The zero-order valence-electron chi connectivity index (χ0n) is 8.58. The molecular formula is C11H10ClN2O2. The van der Waals surface area contributed by atoms with E-state index in [-0.39, 0.29) is 0 Å². The number of halogens is 1. The summed E-state index contributed by atoms with van der Waals surface area (Å²) in [5, 5.41) is 0.487. The van der Waals surface area contributed by atoms with Gasteiger partial charge < -0.3 is 9.47 Å². The lowest BCUT2D eigenvalue weighted by molar-refractivity contribution is 0.361. The van der Waals surface area contributed by atoms with Crippen LogP contribution < -0.4 is 20.3 Å². The molecule has 2 N–H and O–H groups in total. The van der Waals surface area contributed by atoms with Gasteiger partial charge in [0.1, 0.15) is 11.5 Å². The van der Waals surface area contributed by atoms with E-state index in [0.717, 1.165) is 0 Å². The van der Waals surface area contributed by atoms with Crippen molar-refractivity contribution in [3.05, 3.63) is 47.5 Å². The highest BCUT2D eigenvalue weighted by molar-refractivity contribution is 6.32. The van der Waals surface area contributed by atoms with Crippen LogP contribution in [0.5, 0.6) is 11.5 Å². The van der Waals surface area contributed by atoms with E-state index >= 15 is 0 Å². The van der Waals surface area contributed by atoms with Crippen molar-refractivity contribution >= 4 is 11.6 Å². The minimum Gasteiger partial charge on any atom is -0.497 e. The van der Waals surface area contributed by atoms with Gasteiger partial charge in [0.25, 0.3) is 0 Å². The number of benzene rings is 1. The van der Waals surface area contributed by atoms with E-state index in [1.54, 1.807) is 37.5 Å². The molecule has 0 saturated carbocycles. The van der Waals surface area contributed by atoms with Gasteiger partial charge in [-0.1, -0.05) is 11.6 Å². The summed E-state index contributed by atoms with van der Waals surface area (Å²) >= 11 is 6.02. The van der Waals surface area contributed by atoms with E-state index in [2.05, 4.69) is 17.1 Å². The molecule has 0 aromatic heterocycles. The van der Waals surface area contributed by atoms with Gasteiger partial charge in [0.05, 0.1) is 18.3 Å². The van der Waals surface area contributed by atoms with Crippen molar-refractivity contribution in [1.82, 2.24) is 10.9 Å². The second-order valence-electron chi connectivity index (χ2n) is 2.99. The average molecular weight is 238 g/mol. The van der Waals surface area contributed by atoms with Crippen LogP contribution in [0, 0.1) is 6.20 Å². The third-order valence-electron chi connectivity index (χ3n) is 1.93. The van der Waals surface area contributed by atoms with Crippen molar-refractivity contribution in [2.45, 2.75) is 0 Å². The molecule has 83 valence electrons. The number of hydrogen-bond acceptors (Lipinski definition) is 4. The average Bonchev–Trinajstić information content (AvgIpc) is 2.33. The Morgan fingerprint density at radius 3 is 2.88 bits per heavy atom. The second-order valence-corrected chi connectivity index (χ2v) is 3.40. The zero-order valence-corrected chi connectivity index (χ0v) is 9.34. The SMILES string of the molecule is COc1ccc(OC2=CC=[C]NN2)c(Cl)c1. The van der Waals surface area contributed by atoms with Gasteiger partial charge in [-0.15, -0.1) is 0 Å². The molecule has 0 spiro atoms. The number of hydrazine groups is 1. The molecule has 0 atom stereocenters. The van der Waals surface area contributed by atoms with E-state index < -0.39 is 0 Å². The first kappa shape index (κ1) is 10.7. The monoisotopic (exact) mass is 237 g/mol. The van der Waals surface area contributed by atoms with Gasteiger partial charge in [0, 0.05) is 12.1 Å². The number of rotatable bonds is 3. The van der Waals surface area contributed by atoms with E-state index in [9.17, 15) is 0 Å². The van der Waals surface area contributed by atoms with Crippen molar-refractivity contribution in [1.29, 1.82) is 0 Å². The summed E-state index contributed by atoms with van der Waals surface area (Å²) in [6.45, 7) is 0. The van der Waals surface area contributed by atoms with Gasteiger partial charge in [-0.3, -0.25) is 10.9 Å². The van der Waals surface area contributed by atoms with Crippen molar-refractivity contribution in [2.24, 2.45) is 0 Å². The molecule has 5 heteroatoms. The van der Waals surface area contributed by atoms with Gasteiger partial charge in [-0.2, -0.15) is 0 Å². The summed E-state index contributed by atoms with van der Waals surface area (Å²) in [5.74, 6) is 1.79. The Morgan fingerprint density at radius 2 is 2.25 bits per heavy atom. The normalized spacial score (nSPS) is 13.5. The molecule has 1 aromatic rings. The number of nitrogens with one attached hydrogen (secondary N) is 2. The summed E-state index contributed by atoms with van der Waals surface area (Å²) in [4.78, 5) is 0. The molecule has 1 heterocycles. The standard InChI is InChI=1S/C11H10ClN2O2/c1-15-8-4-5-10(9(12)7-8)16-11-3-2-6-13-14-11/h2-5,7,13-14H,1H3.